The number of carbonyl (C=O) groups excluding carboxylic acids is 13. The highest BCUT2D eigenvalue weighted by Gasteiger charge is 2.47. The predicted octanol–water partition coefficient (Wildman–Crippen LogP) is 5.86. The number of rotatable bonds is 20. The van der Waals surface area contributed by atoms with Crippen molar-refractivity contribution in [1.82, 2.24) is 72.4 Å². The third-order valence-corrected chi connectivity index (χ3v) is 24.7. The van der Waals surface area contributed by atoms with E-state index in [0.717, 1.165) is 11.8 Å². The lowest BCUT2D eigenvalue weighted by atomic mass is 9.89. The van der Waals surface area contributed by atoms with Crippen LogP contribution in [-0.2, 0) is 106 Å². The number of hydrogen-bond acceptors (Lipinski definition) is 17. The molecule has 4 heterocycles. The maximum atomic E-state index is 15.8. The third kappa shape index (κ3) is 26.7. The van der Waals surface area contributed by atoms with Crippen molar-refractivity contribution in [2.45, 2.75) is 223 Å². The van der Waals surface area contributed by atoms with E-state index in [1.165, 1.54) is 64.9 Å². The normalized spacial score (nSPS) is 24.7. The Morgan fingerprint density at radius 3 is 1.52 bits per heavy atom. The number of aromatic nitrogens is 1. The summed E-state index contributed by atoms with van der Waals surface area (Å²) in [6.45, 7) is 11.9. The summed E-state index contributed by atoms with van der Waals surface area (Å²) in [5.41, 5.74) is 2.07. The molecule has 32 heteroatoms. The number of thioether (sulfide) groups is 1. The molecule has 1 aromatic heterocycles. The number of nitrogens with one attached hydrogen (secondary N) is 10. The predicted molar refractivity (Wildman–Crippen MR) is 480 cm³/mol. The van der Waals surface area contributed by atoms with Gasteiger partial charge in [0.05, 0.1) is 12.2 Å². The average molecular weight is 1760 g/mol. The lowest BCUT2D eigenvalue weighted by Gasteiger charge is -2.38. The average Bonchev–Trinajstić information content (AvgIpc) is 1.79. The van der Waals surface area contributed by atoms with E-state index >= 15 is 43.2 Å². The number of fused-ring (bicyclic) bond motifs is 3. The zero-order valence-electron chi connectivity index (χ0n) is 73.4. The number of aliphatic carboxylic acids is 1. The Labute approximate surface area is 744 Å². The molecule has 7 aromatic rings. The number of carboxylic acid groups (broad SMARTS) is 1. The van der Waals surface area contributed by atoms with E-state index in [4.69, 9.17) is 0 Å². The van der Waals surface area contributed by atoms with Gasteiger partial charge in [-0.15, -0.1) is 11.8 Å². The number of hydrogen-bond donors (Lipinski definition) is 13. The minimum absolute atomic E-state index is 0.0129. The molecule has 0 spiro atoms. The van der Waals surface area contributed by atoms with E-state index in [1.807, 2.05) is 39.0 Å². The van der Waals surface area contributed by atoms with Crippen molar-refractivity contribution in [2.24, 2.45) is 11.8 Å². The molecule has 0 saturated carbocycles. The molecule has 10 rings (SSSR count). The molecule has 127 heavy (non-hydrogen) atoms. The summed E-state index contributed by atoms with van der Waals surface area (Å²) in [6.07, 6.45) is 1.69. The number of aromatic amines is 1. The number of aromatic hydroxyl groups is 2. The Balaban J connectivity index is 1.02. The largest absolute Gasteiger partial charge is 0.508 e. The summed E-state index contributed by atoms with van der Waals surface area (Å²) in [5.74, 6) is -12.9. The second-order valence-electron chi connectivity index (χ2n) is 34.4. The molecule has 3 aliphatic heterocycles. The van der Waals surface area contributed by atoms with Crippen LogP contribution >= 0.6 is 11.8 Å². The second-order valence-corrected chi connectivity index (χ2v) is 35.4. The molecular formula is C95H120N14O17S. The summed E-state index contributed by atoms with van der Waals surface area (Å²) in [7, 11) is 2.90. The molecule has 6 aromatic carbocycles. The van der Waals surface area contributed by atoms with Crippen LogP contribution in [0.25, 0.3) is 10.9 Å². The van der Waals surface area contributed by atoms with Crippen LogP contribution in [0.15, 0.2) is 170 Å². The molecule has 0 aliphatic carbocycles. The van der Waals surface area contributed by atoms with Crippen LogP contribution in [-0.4, -0.2) is 239 Å². The first-order chi connectivity index (χ1) is 60.7. The lowest BCUT2D eigenvalue weighted by molar-refractivity contribution is -0.152. The Bertz CT molecular complexity index is 5000. The van der Waals surface area contributed by atoms with E-state index in [-0.39, 0.29) is 119 Å². The molecule has 3 saturated heterocycles. The van der Waals surface area contributed by atoms with Gasteiger partial charge in [-0.05, 0) is 128 Å². The monoisotopic (exact) mass is 1760 g/mol. The van der Waals surface area contributed by atoms with E-state index in [9.17, 15) is 39.3 Å². The number of H-pyrrole nitrogens is 1. The third-order valence-electron chi connectivity index (χ3n) is 23.5. The Morgan fingerprint density at radius 1 is 0.488 bits per heavy atom. The summed E-state index contributed by atoms with van der Waals surface area (Å²) in [5, 5.41) is 57.6. The first-order valence-corrected chi connectivity index (χ1v) is 44.7. The maximum absolute atomic E-state index is 15.8. The van der Waals surface area contributed by atoms with Gasteiger partial charge in [0.15, 0.2) is 0 Å². The van der Waals surface area contributed by atoms with Gasteiger partial charge >= 0.3 is 5.97 Å². The number of benzene rings is 6. The molecule has 3 fully saturated rings. The van der Waals surface area contributed by atoms with Gasteiger partial charge in [0.25, 0.3) is 0 Å². The van der Waals surface area contributed by atoms with Crippen molar-refractivity contribution in [3.05, 3.63) is 203 Å². The highest BCUT2D eigenvalue weighted by Crippen LogP contribution is 2.29. The SMILES string of the molecule is CCCC[C@H]1C(=O)N2CCC[C@@H]2C(=O)N[C@@H](CC(=O)O)C(=O)N[C@@H](C(C)C)C(=O)N[C@@](C)(Cc2ccccc2)C(=O)N[C@@H](Cc2ccc(O)cc2)C(=O)N2CCC[C@@H]2C(=O)N[C@@H](Cc2c[nH]c3ccccc23)C(=O)N[C@@H](Cc2ccc(O)cc2)C(=O)N[C@@H](CC(C)C)C(=O)N[C@H](C)CSCC(=O)N[C@@H](Cc2ccccc2)C(=O)N(C)[C@@H](Cc2ccccc2)C(=O)N1C. The number of nitrogens with zero attached hydrogens (tertiary/aromatic N) is 4. The van der Waals surface area contributed by atoms with Crippen LogP contribution in [0.4, 0.5) is 0 Å². The van der Waals surface area contributed by atoms with Crippen molar-refractivity contribution >= 4 is 105 Å². The van der Waals surface area contributed by atoms with Crippen LogP contribution < -0.4 is 47.9 Å². The van der Waals surface area contributed by atoms with E-state index in [1.54, 1.807) is 148 Å². The zero-order valence-corrected chi connectivity index (χ0v) is 74.3. The molecule has 678 valence electrons. The van der Waals surface area contributed by atoms with Gasteiger partial charge < -0.3 is 87.8 Å². The van der Waals surface area contributed by atoms with Gasteiger partial charge in [0.2, 0.25) is 76.8 Å². The standard InChI is InChI=1S/C95H120N14O17S/c1-10-11-33-78-93(125)109-45-24-35-77(109)88(120)102-73(52-81(113)114)86(118)104-82(58(4)5)89(121)105-95(7,53-64-29-19-14-20-30-64)94(126)103-75(49-63-38-42-67(111)43-39-63)91(123)108-44-23-34-76(108)87(119)101-72(51-65-54-96-69-32-22-21-31-68(65)69)85(117)100-71(47-62-36-40-66(110)41-37-62)84(116)99-70(46-57(2)3)83(115)97-59(6)55-127-56-80(112)98-74(48-60-25-15-12-16-26-60)90(122)107(9)79(92(124)106(78)8)50-61-27-17-13-18-28-61/h12-22,25-32,36-43,54,57-59,70-79,82,96,110-111H,10-11,23-24,33-35,44-53,55-56H2,1-9H3,(H,97,115)(H,98,112)(H,99,116)(H,100,117)(H,101,119)(H,102,120)(H,103,126)(H,104,118)(H,105,121)(H,113,114)/t59-,70+,71+,72+,73+,74+,75+,76-,77-,78+,79+,82+,95+/m1/s1. The highest BCUT2D eigenvalue weighted by atomic mass is 32.2. The highest BCUT2D eigenvalue weighted by molar-refractivity contribution is 8.00. The summed E-state index contributed by atoms with van der Waals surface area (Å²) in [4.78, 5) is 219. The van der Waals surface area contributed by atoms with Crippen molar-refractivity contribution < 1.29 is 82.4 Å². The molecule has 3 aliphatic rings. The number of likely N-dealkylation sites (N-methyl/N-ethyl adjacent to an activating group) is 2. The first kappa shape index (κ1) is 96.6. The number of para-hydroxylation sites is 1. The van der Waals surface area contributed by atoms with E-state index in [0.29, 0.717) is 57.1 Å². The number of unbranched alkanes of at least 4 members (excludes halogenated alkanes) is 1. The summed E-state index contributed by atoms with van der Waals surface area (Å²) < 4.78 is 0. The first-order valence-electron chi connectivity index (χ1n) is 43.6. The smallest absolute Gasteiger partial charge is 0.305 e. The number of phenolic OH excluding ortho intramolecular Hbond substituents is 2. The lowest BCUT2D eigenvalue weighted by Crippen LogP contribution is -2.66. The molecule has 13 N–H and O–H groups in total. The second kappa shape index (κ2) is 45.5. The van der Waals surface area contributed by atoms with Gasteiger partial charge in [-0.2, -0.15) is 0 Å². The number of carbonyl (C=O) groups is 14. The van der Waals surface area contributed by atoms with Crippen LogP contribution in [0.3, 0.4) is 0 Å². The molecule has 13 amide bonds. The minimum atomic E-state index is -2.02. The summed E-state index contributed by atoms with van der Waals surface area (Å²) in [6, 6.07) is 29.4. The van der Waals surface area contributed by atoms with Gasteiger partial charge in [-0.25, -0.2) is 0 Å². The Hall–Kier alpha value is -12.6. The van der Waals surface area contributed by atoms with Crippen LogP contribution in [0.5, 0.6) is 11.5 Å². The van der Waals surface area contributed by atoms with Crippen molar-refractivity contribution in [3.8, 4) is 11.5 Å². The van der Waals surface area contributed by atoms with Crippen LogP contribution in [0.2, 0.25) is 0 Å². The molecule has 0 radical (unpaired) electrons. The molecule has 31 nitrogen and oxygen atoms in total. The van der Waals surface area contributed by atoms with Crippen molar-refractivity contribution in [2.75, 3.05) is 38.7 Å². The van der Waals surface area contributed by atoms with E-state index in [2.05, 4.69) is 52.8 Å². The molecular weight excluding hydrogens is 1640 g/mol. The molecule has 0 unspecified atom stereocenters. The molecule has 13 atom stereocenters. The van der Waals surface area contributed by atoms with Crippen LogP contribution in [0, 0.1) is 11.8 Å². The van der Waals surface area contributed by atoms with Gasteiger partial charge in [-0.3, -0.25) is 67.1 Å². The van der Waals surface area contributed by atoms with Gasteiger partial charge in [0.1, 0.15) is 83.5 Å². The fraction of sp³-hybridized carbons (Fsp3) is 0.453. The van der Waals surface area contributed by atoms with Crippen LogP contribution in [0.1, 0.15) is 140 Å². The van der Waals surface area contributed by atoms with Gasteiger partial charge in [0, 0.05) is 94.6 Å². The zero-order chi connectivity index (χ0) is 91.8. The topological polar surface area (TPSA) is 437 Å². The summed E-state index contributed by atoms with van der Waals surface area (Å²) >= 11 is 1.15. The number of phenols is 2. The van der Waals surface area contributed by atoms with Gasteiger partial charge in [-0.1, -0.05) is 181 Å². The number of carboxylic acids is 1. The van der Waals surface area contributed by atoms with E-state index < -0.39 is 173 Å². The minimum Gasteiger partial charge on any atom is -0.508 e. The van der Waals surface area contributed by atoms with Crippen molar-refractivity contribution in [1.29, 1.82) is 0 Å². The Kier molecular flexibility index (Phi) is 34.6. The Morgan fingerprint density at radius 2 is 0.961 bits per heavy atom. The maximum Gasteiger partial charge on any atom is 0.305 e. The number of amides is 13. The fourth-order valence-electron chi connectivity index (χ4n) is 16.6. The molecule has 0 bridgehead atoms. The quantitative estimate of drug-likeness (QED) is 0.0425. The van der Waals surface area contributed by atoms with Crippen molar-refractivity contribution in [3.63, 3.8) is 0 Å². The fourth-order valence-corrected chi connectivity index (χ4v) is 17.4.